The molecule has 1 aromatic carbocycles. The van der Waals surface area contributed by atoms with E-state index in [0.717, 1.165) is 23.2 Å². The first kappa shape index (κ1) is 14.6. The Morgan fingerprint density at radius 1 is 1.20 bits per heavy atom. The van der Waals surface area contributed by atoms with Crippen LogP contribution in [0.1, 0.15) is 39.1 Å². The molecule has 0 saturated carbocycles. The SMILES string of the molecule is Cc1ccc(Cc2c(C)nc(Cl)c(C#N)c2C)c(C)c1. The van der Waals surface area contributed by atoms with E-state index in [2.05, 4.69) is 43.1 Å². The zero-order chi connectivity index (χ0) is 14.9. The van der Waals surface area contributed by atoms with Crippen LogP contribution in [0.15, 0.2) is 18.2 Å². The van der Waals surface area contributed by atoms with E-state index >= 15 is 0 Å². The predicted octanol–water partition coefficient (Wildman–Crippen LogP) is 4.43. The van der Waals surface area contributed by atoms with Gasteiger partial charge in [-0.05, 0) is 56.4 Å². The Balaban J connectivity index is 2.52. The third kappa shape index (κ3) is 2.69. The minimum absolute atomic E-state index is 0.298. The second-order valence-corrected chi connectivity index (χ2v) is 5.54. The van der Waals surface area contributed by atoms with Gasteiger partial charge in [0.25, 0.3) is 0 Å². The Hall–Kier alpha value is -1.85. The minimum atomic E-state index is 0.298. The van der Waals surface area contributed by atoms with Gasteiger partial charge >= 0.3 is 0 Å². The van der Waals surface area contributed by atoms with Crippen LogP contribution in [0.2, 0.25) is 5.15 Å². The van der Waals surface area contributed by atoms with Crippen molar-refractivity contribution in [2.24, 2.45) is 0 Å². The highest BCUT2D eigenvalue weighted by Crippen LogP contribution is 2.26. The summed E-state index contributed by atoms with van der Waals surface area (Å²) in [5.74, 6) is 0. The third-order valence-electron chi connectivity index (χ3n) is 3.71. The van der Waals surface area contributed by atoms with E-state index in [0.29, 0.717) is 10.7 Å². The van der Waals surface area contributed by atoms with Crippen molar-refractivity contribution in [1.82, 2.24) is 4.98 Å². The van der Waals surface area contributed by atoms with Gasteiger partial charge in [0.1, 0.15) is 11.2 Å². The molecule has 0 saturated heterocycles. The van der Waals surface area contributed by atoms with Gasteiger partial charge in [0.2, 0.25) is 0 Å². The van der Waals surface area contributed by atoms with Crippen LogP contribution in [0.25, 0.3) is 0 Å². The molecule has 0 atom stereocenters. The molecule has 0 bridgehead atoms. The van der Waals surface area contributed by atoms with Crippen LogP contribution >= 0.6 is 11.6 Å². The lowest BCUT2D eigenvalue weighted by Gasteiger charge is -2.13. The monoisotopic (exact) mass is 284 g/mol. The Morgan fingerprint density at radius 2 is 1.90 bits per heavy atom. The van der Waals surface area contributed by atoms with Crippen LogP contribution in [0.5, 0.6) is 0 Å². The molecular formula is C17H17ClN2. The lowest BCUT2D eigenvalue weighted by atomic mass is 9.94. The molecule has 0 radical (unpaired) electrons. The predicted molar refractivity (Wildman–Crippen MR) is 82.2 cm³/mol. The summed E-state index contributed by atoms with van der Waals surface area (Å²) in [5.41, 5.74) is 7.19. The summed E-state index contributed by atoms with van der Waals surface area (Å²) in [6.45, 7) is 8.09. The van der Waals surface area contributed by atoms with Gasteiger partial charge in [-0.15, -0.1) is 0 Å². The minimum Gasteiger partial charge on any atom is -0.240 e. The number of nitriles is 1. The summed E-state index contributed by atoms with van der Waals surface area (Å²) < 4.78 is 0. The molecule has 2 aromatic rings. The second kappa shape index (κ2) is 5.64. The van der Waals surface area contributed by atoms with Gasteiger partial charge < -0.3 is 0 Å². The fourth-order valence-electron chi connectivity index (χ4n) is 2.47. The molecule has 0 fully saturated rings. The van der Waals surface area contributed by atoms with E-state index in [1.54, 1.807) is 0 Å². The number of aryl methyl sites for hydroxylation is 3. The number of aromatic nitrogens is 1. The van der Waals surface area contributed by atoms with E-state index in [9.17, 15) is 5.26 Å². The van der Waals surface area contributed by atoms with Gasteiger partial charge in [-0.1, -0.05) is 35.4 Å². The van der Waals surface area contributed by atoms with Crippen molar-refractivity contribution in [3.8, 4) is 6.07 Å². The van der Waals surface area contributed by atoms with Crippen molar-refractivity contribution in [2.45, 2.75) is 34.1 Å². The number of rotatable bonds is 2. The maximum Gasteiger partial charge on any atom is 0.147 e. The molecule has 102 valence electrons. The normalized spacial score (nSPS) is 10.4. The molecule has 0 unspecified atom stereocenters. The maximum atomic E-state index is 9.20. The Morgan fingerprint density at radius 3 is 2.50 bits per heavy atom. The molecule has 0 N–H and O–H groups in total. The highest BCUT2D eigenvalue weighted by Gasteiger charge is 2.14. The molecule has 3 heteroatoms. The molecule has 0 amide bonds. The highest BCUT2D eigenvalue weighted by atomic mass is 35.5. The van der Waals surface area contributed by atoms with Crippen molar-refractivity contribution >= 4 is 11.6 Å². The zero-order valence-corrected chi connectivity index (χ0v) is 13.0. The lowest BCUT2D eigenvalue weighted by molar-refractivity contribution is 1.03. The van der Waals surface area contributed by atoms with E-state index < -0.39 is 0 Å². The fourth-order valence-corrected chi connectivity index (χ4v) is 2.78. The molecular weight excluding hydrogens is 268 g/mol. The van der Waals surface area contributed by atoms with Gasteiger partial charge in [-0.2, -0.15) is 5.26 Å². The first-order valence-corrected chi connectivity index (χ1v) is 6.93. The first-order valence-electron chi connectivity index (χ1n) is 6.55. The van der Waals surface area contributed by atoms with Crippen LogP contribution in [0.4, 0.5) is 0 Å². The summed E-state index contributed by atoms with van der Waals surface area (Å²) in [5, 5.41) is 9.50. The topological polar surface area (TPSA) is 36.7 Å². The Kier molecular flexibility index (Phi) is 4.11. The van der Waals surface area contributed by atoms with Gasteiger partial charge in [0.05, 0.1) is 5.56 Å². The van der Waals surface area contributed by atoms with Crippen LogP contribution in [-0.4, -0.2) is 4.98 Å². The van der Waals surface area contributed by atoms with Gasteiger partial charge in [0, 0.05) is 5.69 Å². The van der Waals surface area contributed by atoms with Crippen molar-refractivity contribution in [3.63, 3.8) is 0 Å². The number of benzene rings is 1. The number of hydrogen-bond donors (Lipinski definition) is 0. The van der Waals surface area contributed by atoms with E-state index in [4.69, 9.17) is 11.6 Å². The third-order valence-corrected chi connectivity index (χ3v) is 3.99. The molecule has 1 aromatic heterocycles. The van der Waals surface area contributed by atoms with Crippen molar-refractivity contribution in [3.05, 3.63) is 62.4 Å². The first-order chi connectivity index (χ1) is 9.43. The fraction of sp³-hybridized carbons (Fsp3) is 0.294. The number of nitrogens with zero attached hydrogens (tertiary/aromatic N) is 2. The molecule has 2 nitrogen and oxygen atoms in total. The summed E-state index contributed by atoms with van der Waals surface area (Å²) in [6, 6.07) is 8.58. The number of pyridine rings is 1. The van der Waals surface area contributed by atoms with Crippen molar-refractivity contribution < 1.29 is 0 Å². The molecule has 20 heavy (non-hydrogen) atoms. The van der Waals surface area contributed by atoms with Crippen molar-refractivity contribution in [2.75, 3.05) is 0 Å². The van der Waals surface area contributed by atoms with Crippen molar-refractivity contribution in [1.29, 1.82) is 5.26 Å². The van der Waals surface area contributed by atoms with Gasteiger partial charge in [0.15, 0.2) is 0 Å². The van der Waals surface area contributed by atoms with E-state index in [1.165, 1.54) is 16.7 Å². The Bertz CT molecular complexity index is 712. The van der Waals surface area contributed by atoms with E-state index in [1.807, 2.05) is 13.8 Å². The van der Waals surface area contributed by atoms with Crippen LogP contribution in [0.3, 0.4) is 0 Å². The van der Waals surface area contributed by atoms with E-state index in [-0.39, 0.29) is 0 Å². The maximum absolute atomic E-state index is 9.20. The highest BCUT2D eigenvalue weighted by molar-refractivity contribution is 6.30. The largest absolute Gasteiger partial charge is 0.240 e. The lowest BCUT2D eigenvalue weighted by Crippen LogP contribution is -2.03. The van der Waals surface area contributed by atoms with Gasteiger partial charge in [-0.3, -0.25) is 0 Å². The number of hydrogen-bond acceptors (Lipinski definition) is 2. The zero-order valence-electron chi connectivity index (χ0n) is 12.2. The standard InChI is InChI=1S/C17H17ClN2/c1-10-5-6-14(11(2)7-10)8-15-12(3)16(9-19)17(18)20-13(15)4/h5-7H,8H2,1-4H3. The molecule has 2 rings (SSSR count). The molecule has 0 spiro atoms. The van der Waals surface area contributed by atoms with Crippen LogP contribution < -0.4 is 0 Å². The quantitative estimate of drug-likeness (QED) is 0.765. The summed E-state index contributed by atoms with van der Waals surface area (Å²) >= 11 is 6.03. The van der Waals surface area contributed by atoms with Gasteiger partial charge in [-0.25, -0.2) is 4.98 Å². The summed E-state index contributed by atoms with van der Waals surface area (Å²) in [6.07, 6.45) is 0.780. The van der Waals surface area contributed by atoms with Crippen LogP contribution in [0, 0.1) is 39.0 Å². The Labute approximate surface area is 125 Å². The summed E-state index contributed by atoms with van der Waals surface area (Å²) in [4.78, 5) is 4.29. The molecule has 0 aliphatic rings. The average Bonchev–Trinajstić information content (AvgIpc) is 2.37. The molecule has 1 heterocycles. The molecule has 0 aliphatic heterocycles. The average molecular weight is 285 g/mol. The van der Waals surface area contributed by atoms with Crippen LogP contribution in [-0.2, 0) is 6.42 Å². The molecule has 0 aliphatic carbocycles. The number of halogens is 1. The second-order valence-electron chi connectivity index (χ2n) is 5.19. The summed E-state index contributed by atoms with van der Waals surface area (Å²) in [7, 11) is 0. The smallest absolute Gasteiger partial charge is 0.147 e.